The Morgan fingerprint density at radius 2 is 1.82 bits per heavy atom. The molecule has 0 aromatic rings. The van der Waals surface area contributed by atoms with Gasteiger partial charge in [0.25, 0.3) is 0 Å². The summed E-state index contributed by atoms with van der Waals surface area (Å²) in [4.78, 5) is 44.2. The molecule has 17 heavy (non-hydrogen) atoms. The molecule has 1 N–H and O–H groups in total. The lowest BCUT2D eigenvalue weighted by molar-refractivity contribution is -0.153. The first kappa shape index (κ1) is 15.8. The van der Waals surface area contributed by atoms with Gasteiger partial charge in [-0.2, -0.15) is 0 Å². The summed E-state index contributed by atoms with van der Waals surface area (Å²) in [6.45, 7) is 6.35. The van der Waals surface area contributed by atoms with E-state index in [0.717, 1.165) is 11.8 Å². The maximum absolute atomic E-state index is 11.8. The van der Waals surface area contributed by atoms with E-state index in [1.807, 2.05) is 0 Å². The van der Waals surface area contributed by atoms with Crippen molar-refractivity contribution in [1.82, 2.24) is 0 Å². The van der Waals surface area contributed by atoms with E-state index < -0.39 is 29.4 Å². The Labute approximate surface area is 104 Å². The van der Waals surface area contributed by atoms with Crippen LogP contribution in [-0.4, -0.2) is 33.5 Å². The maximum atomic E-state index is 11.8. The lowest BCUT2D eigenvalue weighted by Crippen LogP contribution is -2.33. The summed E-state index contributed by atoms with van der Waals surface area (Å²) < 4.78 is 0. The number of carboxylic acids is 1. The molecule has 0 fully saturated rings. The number of aliphatic carboxylic acids is 1. The molecular formula is C11H15O5S. The summed E-state index contributed by atoms with van der Waals surface area (Å²) in [5, 5.41) is 8.42. The number of rotatable bonds is 7. The minimum Gasteiger partial charge on any atom is -0.475 e. The predicted octanol–water partition coefficient (Wildman–Crippen LogP) is 0.965. The van der Waals surface area contributed by atoms with Gasteiger partial charge in [0.05, 0.1) is 5.92 Å². The molecule has 0 aliphatic rings. The van der Waals surface area contributed by atoms with E-state index >= 15 is 0 Å². The molecule has 0 amide bonds. The number of hydrogen-bond acceptors (Lipinski definition) is 5. The van der Waals surface area contributed by atoms with Crippen LogP contribution in [-0.2, 0) is 19.2 Å². The Kier molecular flexibility index (Phi) is 6.72. The molecule has 2 atom stereocenters. The number of carboxylic acid groups (broad SMARTS) is 1. The SMILES string of the molecule is [CH2]CC(C(=O)C(=O)O)C(=O)C(C)CSC(C)=O. The third kappa shape index (κ3) is 5.12. The van der Waals surface area contributed by atoms with Crippen LogP contribution < -0.4 is 0 Å². The van der Waals surface area contributed by atoms with Crippen LogP contribution in [0.1, 0.15) is 20.3 Å². The second kappa shape index (κ2) is 7.21. The van der Waals surface area contributed by atoms with Gasteiger partial charge in [-0.15, -0.1) is 0 Å². The molecule has 0 rings (SSSR count). The number of thioether (sulfide) groups is 1. The largest absolute Gasteiger partial charge is 0.475 e. The van der Waals surface area contributed by atoms with E-state index in [-0.39, 0.29) is 17.3 Å². The molecule has 0 bridgehead atoms. The first-order chi connectivity index (χ1) is 7.81. The number of Topliss-reactive ketones (excluding diaryl/α,β-unsaturated/α-hetero) is 2. The van der Waals surface area contributed by atoms with Crippen molar-refractivity contribution in [2.75, 3.05) is 5.75 Å². The van der Waals surface area contributed by atoms with Gasteiger partial charge in [-0.3, -0.25) is 14.4 Å². The molecule has 0 aromatic carbocycles. The highest BCUT2D eigenvalue weighted by Crippen LogP contribution is 2.17. The summed E-state index contributed by atoms with van der Waals surface area (Å²) >= 11 is 0.977. The number of hydrogen-bond donors (Lipinski definition) is 1. The van der Waals surface area contributed by atoms with Crippen LogP contribution in [0, 0.1) is 18.8 Å². The Bertz CT molecular complexity index is 337. The van der Waals surface area contributed by atoms with E-state index in [2.05, 4.69) is 6.92 Å². The van der Waals surface area contributed by atoms with Crippen LogP contribution in [0.4, 0.5) is 0 Å². The van der Waals surface area contributed by atoms with Crippen molar-refractivity contribution in [3.05, 3.63) is 6.92 Å². The Morgan fingerprint density at radius 3 is 2.18 bits per heavy atom. The van der Waals surface area contributed by atoms with Crippen molar-refractivity contribution in [3.8, 4) is 0 Å². The molecule has 0 saturated heterocycles. The Hall–Kier alpha value is -1.17. The van der Waals surface area contributed by atoms with Crippen molar-refractivity contribution in [2.24, 2.45) is 11.8 Å². The standard InChI is InChI=1S/C11H15O5S/c1-4-8(10(14)11(15)16)9(13)6(2)5-17-7(3)12/h6,8H,1,4-5H2,2-3H3,(H,15,16). The van der Waals surface area contributed by atoms with Gasteiger partial charge in [-0.1, -0.05) is 25.6 Å². The van der Waals surface area contributed by atoms with Gasteiger partial charge in [0.2, 0.25) is 5.78 Å². The third-order valence-electron chi connectivity index (χ3n) is 2.18. The predicted molar refractivity (Wildman–Crippen MR) is 63.4 cm³/mol. The van der Waals surface area contributed by atoms with Crippen molar-refractivity contribution in [1.29, 1.82) is 0 Å². The summed E-state index contributed by atoms with van der Waals surface area (Å²) in [7, 11) is 0. The number of ketones is 2. The molecule has 0 heterocycles. The van der Waals surface area contributed by atoms with E-state index in [0.29, 0.717) is 0 Å². The molecule has 0 aliphatic carbocycles. The second-order valence-electron chi connectivity index (χ2n) is 3.62. The zero-order valence-electron chi connectivity index (χ0n) is 9.76. The van der Waals surface area contributed by atoms with Crippen LogP contribution in [0.2, 0.25) is 0 Å². The highest BCUT2D eigenvalue weighted by atomic mass is 32.2. The quantitative estimate of drug-likeness (QED) is 0.541. The third-order valence-corrected chi connectivity index (χ3v) is 3.25. The molecule has 6 heteroatoms. The highest BCUT2D eigenvalue weighted by molar-refractivity contribution is 8.13. The minimum atomic E-state index is -1.63. The van der Waals surface area contributed by atoms with E-state index in [4.69, 9.17) is 5.11 Å². The molecule has 1 radical (unpaired) electrons. The maximum Gasteiger partial charge on any atom is 0.372 e. The van der Waals surface area contributed by atoms with Gasteiger partial charge in [0.1, 0.15) is 5.78 Å². The van der Waals surface area contributed by atoms with Crippen molar-refractivity contribution in [3.63, 3.8) is 0 Å². The molecule has 95 valence electrons. The summed E-state index contributed by atoms with van der Waals surface area (Å²) in [5.41, 5.74) is 0. The fourth-order valence-electron chi connectivity index (χ4n) is 1.22. The lowest BCUT2D eigenvalue weighted by Gasteiger charge is -2.15. The van der Waals surface area contributed by atoms with Gasteiger partial charge in [-0.05, 0) is 6.42 Å². The van der Waals surface area contributed by atoms with Gasteiger partial charge in [0, 0.05) is 18.6 Å². The lowest BCUT2D eigenvalue weighted by atomic mass is 9.89. The second-order valence-corrected chi connectivity index (χ2v) is 4.81. The monoisotopic (exact) mass is 259 g/mol. The van der Waals surface area contributed by atoms with Crippen LogP contribution in [0.25, 0.3) is 0 Å². The summed E-state index contributed by atoms with van der Waals surface area (Å²) in [6.07, 6.45) is -0.0843. The van der Waals surface area contributed by atoms with Crippen LogP contribution in [0.15, 0.2) is 0 Å². The normalized spacial score (nSPS) is 13.8. The van der Waals surface area contributed by atoms with Crippen LogP contribution in [0.5, 0.6) is 0 Å². The number of carbonyl (C=O) groups excluding carboxylic acids is 3. The zero-order valence-corrected chi connectivity index (χ0v) is 10.6. The van der Waals surface area contributed by atoms with Gasteiger partial charge < -0.3 is 5.11 Å². The Morgan fingerprint density at radius 1 is 1.29 bits per heavy atom. The van der Waals surface area contributed by atoms with Crippen LogP contribution in [0.3, 0.4) is 0 Å². The average Bonchev–Trinajstić information content (AvgIpc) is 2.26. The first-order valence-electron chi connectivity index (χ1n) is 5.04. The summed E-state index contributed by atoms with van der Waals surface area (Å²) in [5.74, 6) is -4.74. The van der Waals surface area contributed by atoms with Crippen molar-refractivity contribution < 1.29 is 24.3 Å². The molecule has 5 nitrogen and oxygen atoms in total. The van der Waals surface area contributed by atoms with Gasteiger partial charge in [-0.25, -0.2) is 4.79 Å². The van der Waals surface area contributed by atoms with Gasteiger partial charge >= 0.3 is 5.97 Å². The molecule has 0 spiro atoms. The minimum absolute atomic E-state index is 0.0843. The van der Waals surface area contributed by atoms with E-state index in [1.54, 1.807) is 6.92 Å². The average molecular weight is 259 g/mol. The summed E-state index contributed by atoms with van der Waals surface area (Å²) in [6, 6.07) is 0. The number of carbonyl (C=O) groups is 4. The zero-order chi connectivity index (χ0) is 13.6. The molecule has 2 unspecified atom stereocenters. The van der Waals surface area contributed by atoms with E-state index in [9.17, 15) is 19.2 Å². The fourth-order valence-corrected chi connectivity index (χ4v) is 1.87. The molecule has 0 saturated carbocycles. The van der Waals surface area contributed by atoms with Gasteiger partial charge in [0.15, 0.2) is 5.12 Å². The fraction of sp³-hybridized carbons (Fsp3) is 0.545. The first-order valence-corrected chi connectivity index (χ1v) is 6.03. The van der Waals surface area contributed by atoms with Crippen molar-refractivity contribution in [2.45, 2.75) is 20.3 Å². The molecule has 0 aliphatic heterocycles. The topological polar surface area (TPSA) is 88.5 Å². The Balaban J connectivity index is 4.58. The molecular weight excluding hydrogens is 244 g/mol. The van der Waals surface area contributed by atoms with E-state index in [1.165, 1.54) is 6.92 Å². The van der Waals surface area contributed by atoms with Crippen molar-refractivity contribution >= 4 is 34.4 Å². The smallest absolute Gasteiger partial charge is 0.372 e. The van der Waals surface area contributed by atoms with Crippen LogP contribution >= 0.6 is 11.8 Å². The molecule has 0 aromatic heterocycles. The highest BCUT2D eigenvalue weighted by Gasteiger charge is 2.32.